The molecule has 1 heterocycles. The summed E-state index contributed by atoms with van der Waals surface area (Å²) in [6.07, 6.45) is 0.764. The number of sulfonamides is 1. The molecule has 1 fully saturated rings. The van der Waals surface area contributed by atoms with Crippen LogP contribution in [-0.2, 0) is 10.0 Å². The molecule has 0 aromatic rings. The van der Waals surface area contributed by atoms with Crippen LogP contribution in [0.3, 0.4) is 0 Å². The van der Waals surface area contributed by atoms with Crippen LogP contribution in [0.25, 0.3) is 0 Å². The molecule has 0 aliphatic carbocycles. The molecule has 12 heavy (non-hydrogen) atoms. The zero-order valence-electron chi connectivity index (χ0n) is 7.36. The molecule has 5 heteroatoms. The molecule has 72 valence electrons. The van der Waals surface area contributed by atoms with E-state index in [0.717, 1.165) is 6.42 Å². The molecule has 2 N–H and O–H groups in total. The van der Waals surface area contributed by atoms with Gasteiger partial charge in [0, 0.05) is 13.1 Å². The quantitative estimate of drug-likeness (QED) is 0.663. The van der Waals surface area contributed by atoms with Gasteiger partial charge in [0.2, 0.25) is 10.0 Å². The maximum absolute atomic E-state index is 11.3. The Bertz CT molecular complexity index is 238. The summed E-state index contributed by atoms with van der Waals surface area (Å²) in [7, 11) is -2.91. The molecule has 1 atom stereocenters. The van der Waals surface area contributed by atoms with E-state index in [-0.39, 0.29) is 5.92 Å². The number of rotatable bonds is 3. The van der Waals surface area contributed by atoms with Gasteiger partial charge in [-0.25, -0.2) is 12.7 Å². The van der Waals surface area contributed by atoms with Gasteiger partial charge in [-0.15, -0.1) is 0 Å². The SMILES string of the molecule is CC(CN)CN1CCCS1(=O)=O. The normalized spacial score (nSPS) is 25.8. The molecule has 0 radical (unpaired) electrons. The van der Waals surface area contributed by atoms with Crippen LogP contribution in [-0.4, -0.2) is 38.1 Å². The Balaban J connectivity index is 2.53. The molecule has 0 saturated carbocycles. The Morgan fingerprint density at radius 1 is 1.58 bits per heavy atom. The first kappa shape index (κ1) is 9.95. The monoisotopic (exact) mass is 192 g/mol. The summed E-state index contributed by atoms with van der Waals surface area (Å²) in [5.41, 5.74) is 5.42. The number of nitrogens with two attached hydrogens (primary N) is 1. The van der Waals surface area contributed by atoms with Crippen molar-refractivity contribution in [2.24, 2.45) is 11.7 Å². The number of hydrogen-bond acceptors (Lipinski definition) is 3. The van der Waals surface area contributed by atoms with Gasteiger partial charge >= 0.3 is 0 Å². The summed E-state index contributed by atoms with van der Waals surface area (Å²) in [6, 6.07) is 0. The Kier molecular flexibility index (Phi) is 3.09. The Hall–Kier alpha value is -0.130. The van der Waals surface area contributed by atoms with Crippen molar-refractivity contribution in [1.29, 1.82) is 0 Å². The van der Waals surface area contributed by atoms with Crippen molar-refractivity contribution in [2.45, 2.75) is 13.3 Å². The summed E-state index contributed by atoms with van der Waals surface area (Å²) in [6.45, 7) is 3.77. The lowest BCUT2D eigenvalue weighted by molar-refractivity contribution is 0.381. The van der Waals surface area contributed by atoms with Crippen molar-refractivity contribution in [3.8, 4) is 0 Å². The average molecular weight is 192 g/mol. The average Bonchev–Trinajstić information content (AvgIpc) is 2.31. The topological polar surface area (TPSA) is 63.4 Å². The molecule has 0 aromatic heterocycles. The van der Waals surface area contributed by atoms with Crippen LogP contribution in [0, 0.1) is 5.92 Å². The molecule has 0 bridgehead atoms. The molecule has 4 nitrogen and oxygen atoms in total. The molecular formula is C7H16N2O2S. The molecular weight excluding hydrogens is 176 g/mol. The van der Waals surface area contributed by atoms with Crippen LogP contribution in [0.1, 0.15) is 13.3 Å². The third kappa shape index (κ3) is 2.18. The standard InChI is InChI=1S/C7H16N2O2S/c1-7(5-8)6-9-3-2-4-12(9,10)11/h7H,2-6,8H2,1H3. The van der Waals surface area contributed by atoms with Crippen LogP contribution >= 0.6 is 0 Å². The smallest absolute Gasteiger partial charge is 0.214 e. The minimum Gasteiger partial charge on any atom is -0.330 e. The van der Waals surface area contributed by atoms with Crippen LogP contribution in [0.5, 0.6) is 0 Å². The van der Waals surface area contributed by atoms with Crippen molar-refractivity contribution in [3.05, 3.63) is 0 Å². The summed E-state index contributed by atoms with van der Waals surface area (Å²) in [5.74, 6) is 0.572. The first-order valence-corrected chi connectivity index (χ1v) is 5.85. The molecule has 1 aliphatic heterocycles. The highest BCUT2D eigenvalue weighted by molar-refractivity contribution is 7.89. The van der Waals surface area contributed by atoms with Gasteiger partial charge in [-0.1, -0.05) is 6.92 Å². The largest absolute Gasteiger partial charge is 0.330 e. The number of nitrogens with zero attached hydrogens (tertiary/aromatic N) is 1. The molecule has 0 spiro atoms. The third-order valence-electron chi connectivity index (χ3n) is 2.12. The zero-order chi connectivity index (χ0) is 9.19. The van der Waals surface area contributed by atoms with Crippen molar-refractivity contribution < 1.29 is 8.42 Å². The van der Waals surface area contributed by atoms with E-state index < -0.39 is 10.0 Å². The Labute approximate surface area is 73.8 Å². The summed E-state index contributed by atoms with van der Waals surface area (Å²) in [5, 5.41) is 0. The van der Waals surface area contributed by atoms with E-state index in [9.17, 15) is 8.42 Å². The maximum atomic E-state index is 11.3. The Morgan fingerprint density at radius 2 is 2.25 bits per heavy atom. The Morgan fingerprint density at radius 3 is 2.67 bits per heavy atom. The predicted molar refractivity (Wildman–Crippen MR) is 48.2 cm³/mol. The van der Waals surface area contributed by atoms with E-state index in [0.29, 0.717) is 25.4 Å². The van der Waals surface area contributed by atoms with Crippen molar-refractivity contribution >= 4 is 10.0 Å². The van der Waals surface area contributed by atoms with E-state index in [2.05, 4.69) is 0 Å². The second-order valence-corrected chi connectivity index (χ2v) is 5.46. The molecule has 1 aliphatic rings. The lowest BCUT2D eigenvalue weighted by Crippen LogP contribution is -2.32. The minimum absolute atomic E-state index is 0.262. The van der Waals surface area contributed by atoms with E-state index >= 15 is 0 Å². The van der Waals surface area contributed by atoms with Crippen LogP contribution in [0.2, 0.25) is 0 Å². The van der Waals surface area contributed by atoms with Gasteiger partial charge in [0.15, 0.2) is 0 Å². The number of hydrogen-bond donors (Lipinski definition) is 1. The van der Waals surface area contributed by atoms with Crippen LogP contribution < -0.4 is 5.73 Å². The van der Waals surface area contributed by atoms with Crippen LogP contribution in [0.15, 0.2) is 0 Å². The van der Waals surface area contributed by atoms with Gasteiger partial charge in [-0.05, 0) is 18.9 Å². The maximum Gasteiger partial charge on any atom is 0.214 e. The highest BCUT2D eigenvalue weighted by atomic mass is 32.2. The second-order valence-electron chi connectivity index (χ2n) is 3.37. The molecule has 1 unspecified atom stereocenters. The molecule has 1 rings (SSSR count). The minimum atomic E-state index is -2.91. The summed E-state index contributed by atoms with van der Waals surface area (Å²) in [4.78, 5) is 0. The summed E-state index contributed by atoms with van der Waals surface area (Å²) >= 11 is 0. The zero-order valence-corrected chi connectivity index (χ0v) is 8.18. The van der Waals surface area contributed by atoms with E-state index in [1.165, 1.54) is 0 Å². The highest BCUT2D eigenvalue weighted by Crippen LogP contribution is 2.14. The molecule has 0 amide bonds. The van der Waals surface area contributed by atoms with E-state index in [1.54, 1.807) is 4.31 Å². The highest BCUT2D eigenvalue weighted by Gasteiger charge is 2.28. The van der Waals surface area contributed by atoms with Gasteiger partial charge < -0.3 is 5.73 Å². The molecule has 0 aromatic carbocycles. The molecule has 1 saturated heterocycles. The fraction of sp³-hybridized carbons (Fsp3) is 1.00. The van der Waals surface area contributed by atoms with Crippen molar-refractivity contribution in [1.82, 2.24) is 4.31 Å². The lowest BCUT2D eigenvalue weighted by atomic mass is 10.2. The van der Waals surface area contributed by atoms with Gasteiger partial charge in [0.1, 0.15) is 0 Å². The predicted octanol–water partition coefficient (Wildman–Crippen LogP) is -0.383. The first-order valence-electron chi connectivity index (χ1n) is 4.24. The van der Waals surface area contributed by atoms with Crippen molar-refractivity contribution in [3.63, 3.8) is 0 Å². The van der Waals surface area contributed by atoms with E-state index in [1.807, 2.05) is 6.92 Å². The lowest BCUT2D eigenvalue weighted by Gasteiger charge is -2.17. The second kappa shape index (κ2) is 3.72. The van der Waals surface area contributed by atoms with Crippen molar-refractivity contribution in [2.75, 3.05) is 25.4 Å². The van der Waals surface area contributed by atoms with Crippen LogP contribution in [0.4, 0.5) is 0 Å². The van der Waals surface area contributed by atoms with E-state index in [4.69, 9.17) is 5.73 Å². The van der Waals surface area contributed by atoms with Gasteiger partial charge in [-0.3, -0.25) is 0 Å². The van der Waals surface area contributed by atoms with Gasteiger partial charge in [0.05, 0.1) is 5.75 Å². The van der Waals surface area contributed by atoms with Gasteiger partial charge in [0.25, 0.3) is 0 Å². The fourth-order valence-electron chi connectivity index (χ4n) is 1.32. The third-order valence-corrected chi connectivity index (χ3v) is 4.04. The van der Waals surface area contributed by atoms with Gasteiger partial charge in [-0.2, -0.15) is 0 Å². The summed E-state index contributed by atoms with van der Waals surface area (Å²) < 4.78 is 24.1. The fourth-order valence-corrected chi connectivity index (χ4v) is 2.96. The first-order chi connectivity index (χ1) is 5.56.